The lowest BCUT2D eigenvalue weighted by molar-refractivity contribution is 0.245. The van der Waals surface area contributed by atoms with E-state index in [0.717, 1.165) is 12.2 Å². The second kappa shape index (κ2) is 10.1. The number of nitrogens with zero attached hydrogens (tertiary/aromatic N) is 1. The van der Waals surface area contributed by atoms with Crippen LogP contribution in [0, 0.1) is 11.3 Å². The summed E-state index contributed by atoms with van der Waals surface area (Å²) in [6, 6.07) is 5.62. The van der Waals surface area contributed by atoms with Crippen LogP contribution in [0.4, 0.5) is 5.69 Å². The molecule has 0 atom stereocenters. The maximum atomic E-state index is 6.10. The molecule has 0 amide bonds. The molecule has 142 valence electrons. The van der Waals surface area contributed by atoms with Crippen LogP contribution in [0.15, 0.2) is 23.2 Å². The summed E-state index contributed by atoms with van der Waals surface area (Å²) in [5, 5.41) is 3.15. The van der Waals surface area contributed by atoms with Crippen molar-refractivity contribution in [2.75, 3.05) is 26.1 Å². The zero-order valence-corrected chi connectivity index (χ0v) is 18.1. The van der Waals surface area contributed by atoms with E-state index in [1.807, 2.05) is 18.2 Å². The highest BCUT2D eigenvalue weighted by Crippen LogP contribution is 2.43. The molecule has 0 unspecified atom stereocenters. The molecule has 1 fully saturated rings. The van der Waals surface area contributed by atoms with E-state index in [1.54, 1.807) is 14.2 Å². The average molecular weight is 461 g/mol. The van der Waals surface area contributed by atoms with Crippen molar-refractivity contribution in [1.82, 2.24) is 0 Å². The van der Waals surface area contributed by atoms with Crippen molar-refractivity contribution in [1.29, 1.82) is 0 Å². The lowest BCUT2D eigenvalue weighted by atomic mass is 9.78. The normalized spacial score (nSPS) is 16.4. The average Bonchev–Trinajstić information content (AvgIpc) is 3.01. The molecule has 0 heterocycles. The van der Waals surface area contributed by atoms with E-state index < -0.39 is 0 Å². The number of benzene rings is 1. The minimum absolute atomic E-state index is 0. The molecule has 5 nitrogen and oxygen atoms in total. The molecule has 1 aromatic rings. The Bertz CT molecular complexity index is 570. The van der Waals surface area contributed by atoms with E-state index in [9.17, 15) is 0 Å². The Morgan fingerprint density at radius 1 is 1.20 bits per heavy atom. The highest BCUT2D eigenvalue weighted by Gasteiger charge is 2.34. The molecule has 3 N–H and O–H groups in total. The Morgan fingerprint density at radius 2 is 1.84 bits per heavy atom. The van der Waals surface area contributed by atoms with Gasteiger partial charge in [-0.15, -0.1) is 24.0 Å². The van der Waals surface area contributed by atoms with Crippen molar-refractivity contribution in [3.8, 4) is 11.5 Å². The van der Waals surface area contributed by atoms with Crippen LogP contribution < -0.4 is 20.5 Å². The molecule has 1 aromatic carbocycles. The number of rotatable bonds is 7. The summed E-state index contributed by atoms with van der Waals surface area (Å²) in [5.74, 6) is 2.51. The Labute approximate surface area is 168 Å². The first-order valence-corrected chi connectivity index (χ1v) is 8.77. The lowest BCUT2D eigenvalue weighted by Crippen LogP contribution is -2.28. The van der Waals surface area contributed by atoms with Crippen molar-refractivity contribution in [2.24, 2.45) is 22.1 Å². The summed E-state index contributed by atoms with van der Waals surface area (Å²) in [5.41, 5.74) is 7.28. The molecule has 0 radical (unpaired) electrons. The van der Waals surface area contributed by atoms with E-state index in [-0.39, 0.29) is 24.0 Å². The van der Waals surface area contributed by atoms with Crippen molar-refractivity contribution >= 4 is 35.6 Å². The van der Waals surface area contributed by atoms with Crippen molar-refractivity contribution in [3.05, 3.63) is 18.2 Å². The van der Waals surface area contributed by atoms with E-state index in [4.69, 9.17) is 15.2 Å². The summed E-state index contributed by atoms with van der Waals surface area (Å²) in [6.07, 6.45) is 6.37. The summed E-state index contributed by atoms with van der Waals surface area (Å²) in [4.78, 5) is 4.64. The van der Waals surface area contributed by atoms with E-state index >= 15 is 0 Å². The van der Waals surface area contributed by atoms with Gasteiger partial charge in [-0.2, -0.15) is 0 Å². The number of nitrogens with two attached hydrogens (primary N) is 1. The van der Waals surface area contributed by atoms with Crippen molar-refractivity contribution in [2.45, 2.75) is 46.0 Å². The molecule has 2 rings (SSSR count). The third-order valence-electron chi connectivity index (χ3n) is 4.75. The smallest absolute Gasteiger partial charge is 0.193 e. The first-order valence-electron chi connectivity index (χ1n) is 8.77. The number of hydrogen-bond acceptors (Lipinski definition) is 3. The van der Waals surface area contributed by atoms with Crippen LogP contribution in [0.1, 0.15) is 46.0 Å². The van der Waals surface area contributed by atoms with Crippen LogP contribution in [0.2, 0.25) is 0 Å². The fraction of sp³-hybridized carbons (Fsp3) is 0.632. The molecule has 1 aliphatic rings. The second-order valence-corrected chi connectivity index (χ2v) is 7.20. The molecule has 25 heavy (non-hydrogen) atoms. The standard InChI is InChI=1S/C19H31N3O2.HI/c1-14(2)12-19(9-5-6-10-19)13-21-18(20)22-15-7-8-16(23-3)17(11-15)24-4;/h7-8,11,14H,5-6,9-10,12-13H2,1-4H3,(H3,20,21,22);1H. The third-order valence-corrected chi connectivity index (χ3v) is 4.75. The maximum Gasteiger partial charge on any atom is 0.193 e. The molecular weight excluding hydrogens is 429 g/mol. The first-order chi connectivity index (χ1) is 11.5. The minimum atomic E-state index is 0. The molecule has 0 aromatic heterocycles. The molecule has 1 aliphatic carbocycles. The highest BCUT2D eigenvalue weighted by molar-refractivity contribution is 14.0. The van der Waals surface area contributed by atoms with E-state index in [2.05, 4.69) is 24.2 Å². The molecule has 0 aliphatic heterocycles. The number of ether oxygens (including phenoxy) is 2. The molecule has 0 spiro atoms. The van der Waals surface area contributed by atoms with Gasteiger partial charge in [0.2, 0.25) is 0 Å². The molecule has 6 heteroatoms. The quantitative estimate of drug-likeness (QED) is 0.352. The van der Waals surface area contributed by atoms with Crippen LogP contribution >= 0.6 is 24.0 Å². The number of aliphatic imine (C=N–C) groups is 1. The minimum Gasteiger partial charge on any atom is -0.493 e. The van der Waals surface area contributed by atoms with Crippen molar-refractivity contribution < 1.29 is 9.47 Å². The van der Waals surface area contributed by atoms with Gasteiger partial charge >= 0.3 is 0 Å². The predicted octanol–water partition coefficient (Wildman–Crippen LogP) is 4.65. The maximum absolute atomic E-state index is 6.10. The number of halogens is 1. The molecule has 0 saturated heterocycles. The number of anilines is 1. The van der Waals surface area contributed by atoms with Gasteiger partial charge in [0.1, 0.15) is 0 Å². The predicted molar refractivity (Wildman–Crippen MR) is 115 cm³/mol. The van der Waals surface area contributed by atoms with Crippen molar-refractivity contribution in [3.63, 3.8) is 0 Å². The summed E-state index contributed by atoms with van der Waals surface area (Å²) in [7, 11) is 3.24. The monoisotopic (exact) mass is 461 g/mol. The van der Waals surface area contributed by atoms with Gasteiger partial charge in [0.15, 0.2) is 17.5 Å². The van der Waals surface area contributed by atoms with E-state index in [0.29, 0.717) is 28.8 Å². The highest BCUT2D eigenvalue weighted by atomic mass is 127. The summed E-state index contributed by atoms with van der Waals surface area (Å²) in [6.45, 7) is 5.38. The van der Waals surface area contributed by atoms with Crippen LogP contribution in [-0.4, -0.2) is 26.7 Å². The lowest BCUT2D eigenvalue weighted by Gasteiger charge is -2.29. The van der Waals surface area contributed by atoms with Gasteiger partial charge in [-0.3, -0.25) is 4.99 Å². The second-order valence-electron chi connectivity index (χ2n) is 7.20. The fourth-order valence-corrected chi connectivity index (χ4v) is 3.77. The number of nitrogens with one attached hydrogen (secondary N) is 1. The van der Waals surface area contributed by atoms with Gasteiger partial charge in [0.05, 0.1) is 14.2 Å². The van der Waals surface area contributed by atoms with Gasteiger partial charge in [0.25, 0.3) is 0 Å². The Hall–Kier alpha value is -1.18. The van der Waals surface area contributed by atoms with Gasteiger partial charge in [-0.25, -0.2) is 0 Å². The van der Waals surface area contributed by atoms with Crippen LogP contribution in [-0.2, 0) is 0 Å². The van der Waals surface area contributed by atoms with Gasteiger partial charge in [-0.05, 0) is 42.7 Å². The largest absolute Gasteiger partial charge is 0.493 e. The number of hydrogen-bond donors (Lipinski definition) is 2. The first kappa shape index (κ1) is 21.9. The zero-order chi connectivity index (χ0) is 17.6. The third kappa shape index (κ3) is 6.24. The van der Waals surface area contributed by atoms with Gasteiger partial charge in [0, 0.05) is 18.3 Å². The van der Waals surface area contributed by atoms with E-state index in [1.165, 1.54) is 32.1 Å². The van der Waals surface area contributed by atoms with Crippen LogP contribution in [0.3, 0.4) is 0 Å². The van der Waals surface area contributed by atoms with Gasteiger partial charge < -0.3 is 20.5 Å². The summed E-state index contributed by atoms with van der Waals surface area (Å²) >= 11 is 0. The topological polar surface area (TPSA) is 68.9 Å². The summed E-state index contributed by atoms with van der Waals surface area (Å²) < 4.78 is 10.6. The Balaban J connectivity index is 0.00000312. The molecular formula is C19H32IN3O2. The number of methoxy groups -OCH3 is 2. The Kier molecular flexibility index (Phi) is 8.82. The fourth-order valence-electron chi connectivity index (χ4n) is 3.77. The number of guanidine groups is 1. The van der Waals surface area contributed by atoms with Crippen LogP contribution in [0.5, 0.6) is 11.5 Å². The molecule has 0 bridgehead atoms. The Morgan fingerprint density at radius 3 is 2.40 bits per heavy atom. The SMILES string of the molecule is COc1ccc(NC(N)=NCC2(CC(C)C)CCCC2)cc1OC.I. The molecule has 1 saturated carbocycles. The zero-order valence-electron chi connectivity index (χ0n) is 15.8. The van der Waals surface area contributed by atoms with Gasteiger partial charge in [-0.1, -0.05) is 26.7 Å². The van der Waals surface area contributed by atoms with Crippen LogP contribution in [0.25, 0.3) is 0 Å².